The third-order valence-corrected chi connectivity index (χ3v) is 4.92. The third-order valence-electron chi connectivity index (χ3n) is 4.92. The van der Waals surface area contributed by atoms with E-state index in [4.69, 9.17) is 9.47 Å². The van der Waals surface area contributed by atoms with Crippen molar-refractivity contribution in [2.24, 2.45) is 0 Å². The lowest BCUT2D eigenvalue weighted by atomic mass is 10.1. The molecule has 0 N–H and O–H groups in total. The summed E-state index contributed by atoms with van der Waals surface area (Å²) in [6.07, 6.45) is 9.13. The van der Waals surface area contributed by atoms with Gasteiger partial charge in [-0.15, -0.1) is 0 Å². The Kier molecular flexibility index (Phi) is 3.46. The number of rotatable bonds is 3. The highest BCUT2D eigenvalue weighted by Crippen LogP contribution is 2.35. The van der Waals surface area contributed by atoms with Gasteiger partial charge in [-0.05, 0) is 42.9 Å². The molecule has 108 valence electrons. The molecule has 1 aromatic heterocycles. The molecule has 0 radical (unpaired) electrons. The van der Waals surface area contributed by atoms with Gasteiger partial charge in [-0.3, -0.25) is 9.88 Å². The van der Waals surface area contributed by atoms with Crippen LogP contribution in [-0.2, 0) is 15.9 Å². The molecular weight excluding hydrogens is 252 g/mol. The van der Waals surface area contributed by atoms with E-state index in [0.717, 1.165) is 45.6 Å². The second kappa shape index (κ2) is 5.43. The molecule has 2 fully saturated rings. The van der Waals surface area contributed by atoms with E-state index >= 15 is 0 Å². The minimum atomic E-state index is 0.290. The van der Waals surface area contributed by atoms with E-state index in [1.54, 1.807) is 0 Å². The average molecular weight is 274 g/mol. The van der Waals surface area contributed by atoms with Crippen LogP contribution in [0.4, 0.5) is 0 Å². The van der Waals surface area contributed by atoms with E-state index < -0.39 is 0 Å². The standard InChI is InChI=1S/C16H22N2O2/c1-2-16(15-3-6-17-9-12(1)15)20-14-4-7-18(10-14)13-5-8-19-11-13/h3,6,9,13-14,16H,1-2,4-5,7-8,10-11H2/t13?,14-,16?/m1/s1. The van der Waals surface area contributed by atoms with Crippen molar-refractivity contribution in [3.63, 3.8) is 0 Å². The second-order valence-corrected chi connectivity index (χ2v) is 6.16. The van der Waals surface area contributed by atoms with Gasteiger partial charge in [0.05, 0.1) is 18.8 Å². The highest BCUT2D eigenvalue weighted by molar-refractivity contribution is 5.30. The molecule has 0 bridgehead atoms. The van der Waals surface area contributed by atoms with Gasteiger partial charge in [0.2, 0.25) is 0 Å². The summed E-state index contributed by atoms with van der Waals surface area (Å²) in [6.45, 7) is 4.07. The molecular formula is C16H22N2O2. The summed E-state index contributed by atoms with van der Waals surface area (Å²) in [7, 11) is 0. The summed E-state index contributed by atoms with van der Waals surface area (Å²) in [5, 5.41) is 0. The molecule has 4 heteroatoms. The molecule has 2 saturated heterocycles. The predicted molar refractivity (Wildman–Crippen MR) is 75.6 cm³/mol. The molecule has 4 nitrogen and oxygen atoms in total. The quantitative estimate of drug-likeness (QED) is 0.844. The summed E-state index contributed by atoms with van der Waals surface area (Å²) >= 11 is 0. The summed E-state index contributed by atoms with van der Waals surface area (Å²) in [4.78, 5) is 6.76. The first-order valence-corrected chi connectivity index (χ1v) is 7.80. The van der Waals surface area contributed by atoms with Crippen LogP contribution in [0, 0.1) is 0 Å². The van der Waals surface area contributed by atoms with Crippen molar-refractivity contribution in [3.8, 4) is 0 Å². The SMILES string of the molecule is c1cc2c(cn1)CCC2O[C@@H]1CCN(C2CCOC2)C1. The lowest BCUT2D eigenvalue weighted by Crippen LogP contribution is -2.34. The Morgan fingerprint density at radius 2 is 2.30 bits per heavy atom. The molecule has 4 rings (SSSR count). The van der Waals surface area contributed by atoms with Gasteiger partial charge in [0, 0.05) is 38.1 Å². The van der Waals surface area contributed by atoms with Crippen molar-refractivity contribution in [3.05, 3.63) is 29.6 Å². The minimum absolute atomic E-state index is 0.290. The number of likely N-dealkylation sites (tertiary alicyclic amines) is 1. The molecule has 2 aliphatic heterocycles. The van der Waals surface area contributed by atoms with Gasteiger partial charge in [0.15, 0.2) is 0 Å². The number of aryl methyl sites for hydroxylation is 1. The van der Waals surface area contributed by atoms with E-state index in [1.165, 1.54) is 17.5 Å². The van der Waals surface area contributed by atoms with Gasteiger partial charge in [-0.25, -0.2) is 0 Å². The van der Waals surface area contributed by atoms with Crippen molar-refractivity contribution in [2.75, 3.05) is 26.3 Å². The highest BCUT2D eigenvalue weighted by atomic mass is 16.5. The van der Waals surface area contributed by atoms with Gasteiger partial charge < -0.3 is 9.47 Å². The van der Waals surface area contributed by atoms with Crippen LogP contribution in [0.25, 0.3) is 0 Å². The van der Waals surface area contributed by atoms with Gasteiger partial charge in [-0.1, -0.05) is 0 Å². The molecule has 2 unspecified atom stereocenters. The number of pyridine rings is 1. The summed E-state index contributed by atoms with van der Waals surface area (Å²) < 4.78 is 11.9. The third kappa shape index (κ3) is 2.36. The predicted octanol–water partition coefficient (Wildman–Crippen LogP) is 1.95. The van der Waals surface area contributed by atoms with Crippen LogP contribution in [0.2, 0.25) is 0 Å². The van der Waals surface area contributed by atoms with E-state index in [0.29, 0.717) is 12.1 Å². The van der Waals surface area contributed by atoms with E-state index in [-0.39, 0.29) is 6.10 Å². The zero-order chi connectivity index (χ0) is 13.4. The molecule has 3 atom stereocenters. The van der Waals surface area contributed by atoms with Crippen LogP contribution in [0.5, 0.6) is 0 Å². The largest absolute Gasteiger partial charge is 0.380 e. The van der Waals surface area contributed by atoms with E-state index in [9.17, 15) is 0 Å². The van der Waals surface area contributed by atoms with Crippen molar-refractivity contribution >= 4 is 0 Å². The summed E-state index contributed by atoms with van der Waals surface area (Å²) in [6, 6.07) is 2.76. The number of ether oxygens (including phenoxy) is 2. The fourth-order valence-corrected chi connectivity index (χ4v) is 3.78. The van der Waals surface area contributed by atoms with Crippen molar-refractivity contribution in [1.82, 2.24) is 9.88 Å². The van der Waals surface area contributed by atoms with Gasteiger partial charge >= 0.3 is 0 Å². The molecule has 0 saturated carbocycles. The Bertz CT molecular complexity index is 473. The number of fused-ring (bicyclic) bond motifs is 1. The zero-order valence-electron chi connectivity index (χ0n) is 11.8. The molecule has 0 spiro atoms. The minimum Gasteiger partial charge on any atom is -0.380 e. The van der Waals surface area contributed by atoms with Crippen molar-refractivity contribution < 1.29 is 9.47 Å². The first-order chi connectivity index (χ1) is 9.90. The molecule has 3 heterocycles. The molecule has 0 aromatic carbocycles. The zero-order valence-corrected chi connectivity index (χ0v) is 11.8. The molecule has 1 aliphatic carbocycles. The first kappa shape index (κ1) is 12.7. The number of hydrogen-bond acceptors (Lipinski definition) is 4. The fraction of sp³-hybridized carbons (Fsp3) is 0.688. The second-order valence-electron chi connectivity index (χ2n) is 6.16. The molecule has 20 heavy (non-hydrogen) atoms. The van der Waals surface area contributed by atoms with Crippen LogP contribution < -0.4 is 0 Å². The van der Waals surface area contributed by atoms with Crippen LogP contribution >= 0.6 is 0 Å². The Balaban J connectivity index is 1.37. The summed E-state index contributed by atoms with van der Waals surface area (Å²) in [5.41, 5.74) is 2.74. The highest BCUT2D eigenvalue weighted by Gasteiger charge is 2.33. The van der Waals surface area contributed by atoms with Crippen molar-refractivity contribution in [1.29, 1.82) is 0 Å². The summed E-state index contributed by atoms with van der Waals surface area (Å²) in [5.74, 6) is 0. The Labute approximate surface area is 120 Å². The number of hydrogen-bond donors (Lipinski definition) is 0. The number of aromatic nitrogens is 1. The van der Waals surface area contributed by atoms with Crippen LogP contribution in [-0.4, -0.2) is 48.3 Å². The maximum Gasteiger partial charge on any atom is 0.0836 e. The maximum atomic E-state index is 6.38. The van der Waals surface area contributed by atoms with Gasteiger partial charge in [0.25, 0.3) is 0 Å². The van der Waals surface area contributed by atoms with Crippen molar-refractivity contribution in [2.45, 2.75) is 43.9 Å². The normalized spacial score (nSPS) is 33.7. The first-order valence-electron chi connectivity index (χ1n) is 7.80. The monoisotopic (exact) mass is 274 g/mol. The van der Waals surface area contributed by atoms with Crippen LogP contribution in [0.15, 0.2) is 18.5 Å². The topological polar surface area (TPSA) is 34.6 Å². The lowest BCUT2D eigenvalue weighted by Gasteiger charge is -2.23. The molecule has 3 aliphatic rings. The van der Waals surface area contributed by atoms with Gasteiger partial charge in [0.1, 0.15) is 0 Å². The molecule has 0 amide bonds. The Morgan fingerprint density at radius 1 is 1.30 bits per heavy atom. The van der Waals surface area contributed by atoms with Crippen LogP contribution in [0.1, 0.15) is 36.5 Å². The van der Waals surface area contributed by atoms with Crippen LogP contribution in [0.3, 0.4) is 0 Å². The lowest BCUT2D eigenvalue weighted by molar-refractivity contribution is -0.00872. The average Bonchev–Trinajstić information content (AvgIpc) is 3.19. The Morgan fingerprint density at radius 3 is 3.20 bits per heavy atom. The van der Waals surface area contributed by atoms with E-state index in [1.807, 2.05) is 12.4 Å². The maximum absolute atomic E-state index is 6.38. The molecule has 1 aromatic rings. The Hall–Kier alpha value is -0.970. The smallest absolute Gasteiger partial charge is 0.0836 e. The fourth-order valence-electron chi connectivity index (χ4n) is 3.78. The number of nitrogens with zero attached hydrogens (tertiary/aromatic N) is 2. The van der Waals surface area contributed by atoms with Gasteiger partial charge in [-0.2, -0.15) is 0 Å². The van der Waals surface area contributed by atoms with E-state index in [2.05, 4.69) is 16.0 Å².